The van der Waals surface area contributed by atoms with Crippen LogP contribution in [0.5, 0.6) is 0 Å². The number of esters is 1. The van der Waals surface area contributed by atoms with Crippen LogP contribution in [0.1, 0.15) is 58.3 Å². The van der Waals surface area contributed by atoms with Gasteiger partial charge in [-0.3, -0.25) is 4.79 Å². The fourth-order valence-corrected chi connectivity index (χ4v) is 4.03. The Balaban J connectivity index is 2.04. The molecular formula is C19H33N3O5. The second-order valence-electron chi connectivity index (χ2n) is 7.60. The van der Waals surface area contributed by atoms with Gasteiger partial charge in [0.15, 0.2) is 0 Å². The number of hydrogen-bond donors (Lipinski definition) is 2. The number of nitrogens with one attached hydrogen (secondary N) is 1. The summed E-state index contributed by atoms with van der Waals surface area (Å²) in [7, 11) is 1.31. The highest BCUT2D eigenvalue weighted by Gasteiger charge is 2.39. The van der Waals surface area contributed by atoms with E-state index in [1.807, 2.05) is 0 Å². The normalized spacial score (nSPS) is 23.3. The maximum atomic E-state index is 13.1. The molecule has 8 nitrogen and oxygen atoms in total. The van der Waals surface area contributed by atoms with Crippen molar-refractivity contribution in [2.75, 3.05) is 20.3 Å². The summed E-state index contributed by atoms with van der Waals surface area (Å²) in [5.74, 6) is -0.292. The van der Waals surface area contributed by atoms with Crippen molar-refractivity contribution in [2.45, 2.75) is 76.5 Å². The summed E-state index contributed by atoms with van der Waals surface area (Å²) in [4.78, 5) is 38.2. The molecule has 1 saturated carbocycles. The van der Waals surface area contributed by atoms with Crippen LogP contribution in [0.3, 0.4) is 0 Å². The lowest BCUT2D eigenvalue weighted by Crippen LogP contribution is -2.59. The third-order valence-electron chi connectivity index (χ3n) is 5.61. The maximum Gasteiger partial charge on any atom is 0.328 e. The number of carbonyl (C=O) groups is 3. The van der Waals surface area contributed by atoms with E-state index in [4.69, 9.17) is 15.2 Å². The van der Waals surface area contributed by atoms with Gasteiger partial charge in [0.2, 0.25) is 5.91 Å². The highest BCUT2D eigenvalue weighted by molar-refractivity contribution is 5.90. The lowest BCUT2D eigenvalue weighted by Gasteiger charge is -2.37. The molecule has 1 aliphatic heterocycles. The van der Waals surface area contributed by atoms with Gasteiger partial charge in [-0.2, -0.15) is 0 Å². The van der Waals surface area contributed by atoms with Crippen LogP contribution in [-0.4, -0.2) is 61.3 Å². The molecule has 2 fully saturated rings. The van der Waals surface area contributed by atoms with Crippen molar-refractivity contribution < 1.29 is 23.9 Å². The molecule has 0 radical (unpaired) electrons. The van der Waals surface area contributed by atoms with Crippen molar-refractivity contribution in [1.29, 1.82) is 0 Å². The largest absolute Gasteiger partial charge is 0.467 e. The number of nitrogens with two attached hydrogens (primary N) is 1. The highest BCUT2D eigenvalue weighted by atomic mass is 16.5. The second-order valence-corrected chi connectivity index (χ2v) is 7.60. The lowest BCUT2D eigenvalue weighted by atomic mass is 9.90. The number of primary amides is 1. The zero-order valence-electron chi connectivity index (χ0n) is 16.4. The van der Waals surface area contributed by atoms with Gasteiger partial charge in [0.25, 0.3) is 0 Å². The Kier molecular flexibility index (Phi) is 8.34. The van der Waals surface area contributed by atoms with Gasteiger partial charge in [-0.25, -0.2) is 9.59 Å². The van der Waals surface area contributed by atoms with Crippen LogP contribution < -0.4 is 11.1 Å². The molecule has 0 aromatic carbocycles. The number of hydrogen-bond acceptors (Lipinski definition) is 5. The molecule has 2 rings (SSSR count). The average molecular weight is 383 g/mol. The van der Waals surface area contributed by atoms with E-state index >= 15 is 0 Å². The van der Waals surface area contributed by atoms with Crippen molar-refractivity contribution in [3.05, 3.63) is 0 Å². The molecule has 0 aromatic heterocycles. The minimum atomic E-state index is -0.920. The van der Waals surface area contributed by atoms with Crippen LogP contribution in [0.2, 0.25) is 0 Å². The predicted octanol–water partition coefficient (Wildman–Crippen LogP) is 1.56. The van der Waals surface area contributed by atoms with Crippen LogP contribution in [0.15, 0.2) is 0 Å². The van der Waals surface area contributed by atoms with Crippen LogP contribution in [0.4, 0.5) is 4.79 Å². The number of carbonyl (C=O) groups excluding carboxylic acids is 3. The number of nitrogens with zero attached hydrogens (tertiary/aromatic N) is 1. The van der Waals surface area contributed by atoms with Gasteiger partial charge >= 0.3 is 12.0 Å². The Morgan fingerprint density at radius 1 is 1.11 bits per heavy atom. The first-order valence-electron chi connectivity index (χ1n) is 10.00. The fraction of sp³-hybridized carbons (Fsp3) is 0.842. The van der Waals surface area contributed by atoms with Crippen molar-refractivity contribution in [1.82, 2.24) is 10.2 Å². The van der Waals surface area contributed by atoms with Crippen LogP contribution >= 0.6 is 0 Å². The summed E-state index contributed by atoms with van der Waals surface area (Å²) in [5.41, 5.74) is 5.29. The van der Waals surface area contributed by atoms with Crippen LogP contribution in [0, 0.1) is 5.92 Å². The average Bonchev–Trinajstić information content (AvgIpc) is 2.69. The molecule has 0 aromatic rings. The molecule has 0 spiro atoms. The summed E-state index contributed by atoms with van der Waals surface area (Å²) in [5, 5.41) is 2.51. The van der Waals surface area contributed by atoms with E-state index in [1.165, 1.54) is 31.3 Å². The van der Waals surface area contributed by atoms with Crippen molar-refractivity contribution in [3.63, 3.8) is 0 Å². The molecule has 0 unspecified atom stereocenters. The van der Waals surface area contributed by atoms with Gasteiger partial charge in [-0.15, -0.1) is 0 Å². The second kappa shape index (κ2) is 10.5. The first-order valence-corrected chi connectivity index (χ1v) is 10.00. The molecule has 154 valence electrons. The van der Waals surface area contributed by atoms with E-state index in [0.717, 1.165) is 25.7 Å². The molecule has 1 aliphatic carbocycles. The number of rotatable bonds is 7. The molecule has 1 heterocycles. The van der Waals surface area contributed by atoms with Crippen molar-refractivity contribution >= 4 is 17.9 Å². The van der Waals surface area contributed by atoms with E-state index < -0.39 is 30.2 Å². The zero-order chi connectivity index (χ0) is 19.8. The number of amides is 3. The maximum absolute atomic E-state index is 13.1. The Bertz CT molecular complexity index is 521. The summed E-state index contributed by atoms with van der Waals surface area (Å²) in [6.45, 7) is 2.77. The molecule has 0 bridgehead atoms. The van der Waals surface area contributed by atoms with Gasteiger partial charge in [0.05, 0.1) is 13.2 Å². The van der Waals surface area contributed by atoms with E-state index in [0.29, 0.717) is 25.5 Å². The molecule has 3 atom stereocenters. The highest BCUT2D eigenvalue weighted by Crippen LogP contribution is 2.25. The molecule has 8 heteroatoms. The van der Waals surface area contributed by atoms with Crippen LogP contribution in [0.25, 0.3) is 0 Å². The van der Waals surface area contributed by atoms with Gasteiger partial charge in [-0.05, 0) is 44.9 Å². The third-order valence-corrected chi connectivity index (χ3v) is 5.61. The van der Waals surface area contributed by atoms with Crippen molar-refractivity contribution in [2.24, 2.45) is 11.7 Å². The van der Waals surface area contributed by atoms with Gasteiger partial charge in [-0.1, -0.05) is 19.3 Å². The number of ether oxygens (including phenoxy) is 2. The Morgan fingerprint density at radius 2 is 1.78 bits per heavy atom. The molecule has 27 heavy (non-hydrogen) atoms. The number of piperidine rings is 1. The quantitative estimate of drug-likeness (QED) is 0.648. The standard InChI is InChI=1S/C19H33N3O5/c1-13(27-12-14-8-4-3-5-9-14)16(21-19(20)25)17(23)22-11-7-6-10-15(22)18(24)26-2/h13-16H,3-12H2,1-2H3,(H3,20,21,25)/t13-,15+,16+/m1/s1. The lowest BCUT2D eigenvalue weighted by molar-refractivity contribution is -0.157. The SMILES string of the molecule is COC(=O)[C@@H]1CCCCN1C(=O)[C@@H](NC(N)=O)[C@@H](C)OCC1CCCCC1. The first-order chi connectivity index (χ1) is 12.9. The summed E-state index contributed by atoms with van der Waals surface area (Å²) in [6.07, 6.45) is 7.62. The minimum absolute atomic E-state index is 0.347. The molecule has 2 aliphatic rings. The topological polar surface area (TPSA) is 111 Å². The number of urea groups is 1. The van der Waals surface area contributed by atoms with Gasteiger partial charge in [0.1, 0.15) is 12.1 Å². The Labute approximate surface area is 161 Å². The monoisotopic (exact) mass is 383 g/mol. The molecule has 1 saturated heterocycles. The minimum Gasteiger partial charge on any atom is -0.467 e. The molecule has 3 N–H and O–H groups in total. The summed E-state index contributed by atoms with van der Waals surface area (Å²) < 4.78 is 10.8. The predicted molar refractivity (Wildman–Crippen MR) is 99.9 cm³/mol. The fourth-order valence-electron chi connectivity index (χ4n) is 4.03. The Morgan fingerprint density at radius 3 is 2.41 bits per heavy atom. The van der Waals surface area contributed by atoms with E-state index in [-0.39, 0.29) is 5.91 Å². The van der Waals surface area contributed by atoms with E-state index in [1.54, 1.807) is 6.92 Å². The van der Waals surface area contributed by atoms with E-state index in [9.17, 15) is 14.4 Å². The number of methoxy groups -OCH3 is 1. The summed E-state index contributed by atoms with van der Waals surface area (Å²) in [6, 6.07) is -2.33. The molecular weight excluding hydrogens is 350 g/mol. The van der Waals surface area contributed by atoms with Gasteiger partial charge < -0.3 is 25.4 Å². The Hall–Kier alpha value is -1.83. The van der Waals surface area contributed by atoms with Gasteiger partial charge in [0, 0.05) is 13.2 Å². The number of likely N-dealkylation sites (tertiary alicyclic amines) is 1. The van der Waals surface area contributed by atoms with E-state index in [2.05, 4.69) is 5.32 Å². The smallest absolute Gasteiger partial charge is 0.328 e. The third kappa shape index (κ3) is 6.09. The first kappa shape index (κ1) is 21.5. The van der Waals surface area contributed by atoms with Crippen LogP contribution in [-0.2, 0) is 19.1 Å². The zero-order valence-corrected chi connectivity index (χ0v) is 16.4. The summed E-state index contributed by atoms with van der Waals surface area (Å²) >= 11 is 0. The van der Waals surface area contributed by atoms with Crippen molar-refractivity contribution in [3.8, 4) is 0 Å². The molecule has 3 amide bonds.